The van der Waals surface area contributed by atoms with E-state index in [1.54, 1.807) is 0 Å². The minimum atomic E-state index is -0.0672. The predicted octanol–water partition coefficient (Wildman–Crippen LogP) is 0.583. The van der Waals surface area contributed by atoms with E-state index in [1.165, 1.54) is 0 Å². The highest BCUT2D eigenvalue weighted by molar-refractivity contribution is 5.85. The van der Waals surface area contributed by atoms with Gasteiger partial charge in [0.2, 0.25) is 11.8 Å². The molecule has 1 atom stereocenters. The SMILES string of the molecule is CCCNC(=O)CCNC(=O)[C@@H]1CCCCN1.Cl. The van der Waals surface area contributed by atoms with Gasteiger partial charge in [-0.3, -0.25) is 9.59 Å². The van der Waals surface area contributed by atoms with Gasteiger partial charge in [0.1, 0.15) is 0 Å². The van der Waals surface area contributed by atoms with Crippen LogP contribution in [-0.2, 0) is 9.59 Å². The summed E-state index contributed by atoms with van der Waals surface area (Å²) in [5.41, 5.74) is 0. The van der Waals surface area contributed by atoms with Gasteiger partial charge in [0.25, 0.3) is 0 Å². The first-order valence-electron chi connectivity index (χ1n) is 6.52. The molecule has 5 nitrogen and oxygen atoms in total. The molecule has 0 aromatic heterocycles. The van der Waals surface area contributed by atoms with Crippen LogP contribution < -0.4 is 16.0 Å². The Morgan fingerprint density at radius 3 is 2.61 bits per heavy atom. The van der Waals surface area contributed by atoms with Crippen LogP contribution in [0.15, 0.2) is 0 Å². The Balaban J connectivity index is 0.00000289. The molecule has 0 radical (unpaired) electrons. The third-order valence-electron chi connectivity index (χ3n) is 2.85. The summed E-state index contributed by atoms with van der Waals surface area (Å²) in [7, 11) is 0. The highest BCUT2D eigenvalue weighted by atomic mass is 35.5. The third kappa shape index (κ3) is 6.81. The zero-order valence-corrected chi connectivity index (χ0v) is 11.8. The van der Waals surface area contributed by atoms with Gasteiger partial charge in [0, 0.05) is 19.5 Å². The highest BCUT2D eigenvalue weighted by Gasteiger charge is 2.19. The Labute approximate surface area is 115 Å². The molecule has 1 fully saturated rings. The zero-order chi connectivity index (χ0) is 12.5. The Hall–Kier alpha value is -0.810. The summed E-state index contributed by atoms with van der Waals surface area (Å²) < 4.78 is 0. The van der Waals surface area contributed by atoms with Crippen LogP contribution in [0.25, 0.3) is 0 Å². The quantitative estimate of drug-likeness (QED) is 0.665. The molecule has 0 aromatic rings. The van der Waals surface area contributed by atoms with Gasteiger partial charge in [-0.05, 0) is 25.8 Å². The first kappa shape index (κ1) is 17.2. The van der Waals surface area contributed by atoms with Crippen molar-refractivity contribution in [1.29, 1.82) is 0 Å². The van der Waals surface area contributed by atoms with Crippen molar-refractivity contribution >= 4 is 24.2 Å². The van der Waals surface area contributed by atoms with E-state index in [0.717, 1.165) is 32.2 Å². The number of nitrogens with one attached hydrogen (secondary N) is 3. The molecule has 1 rings (SSSR count). The average molecular weight is 278 g/mol. The molecule has 0 bridgehead atoms. The molecule has 1 heterocycles. The predicted molar refractivity (Wildman–Crippen MR) is 73.8 cm³/mol. The summed E-state index contributed by atoms with van der Waals surface area (Å²) in [5.74, 6) is 0.0248. The summed E-state index contributed by atoms with van der Waals surface area (Å²) in [6, 6.07) is -0.0672. The van der Waals surface area contributed by atoms with Crippen LogP contribution in [-0.4, -0.2) is 37.5 Å². The van der Waals surface area contributed by atoms with Gasteiger partial charge >= 0.3 is 0 Å². The maximum Gasteiger partial charge on any atom is 0.237 e. The number of hydrogen-bond acceptors (Lipinski definition) is 3. The van der Waals surface area contributed by atoms with Gasteiger partial charge in [-0.1, -0.05) is 13.3 Å². The van der Waals surface area contributed by atoms with Crippen molar-refractivity contribution in [3.8, 4) is 0 Å². The van der Waals surface area contributed by atoms with Crippen molar-refractivity contribution in [2.24, 2.45) is 0 Å². The van der Waals surface area contributed by atoms with E-state index in [-0.39, 0.29) is 30.3 Å². The molecule has 1 aliphatic heterocycles. The van der Waals surface area contributed by atoms with Crippen molar-refractivity contribution < 1.29 is 9.59 Å². The minimum Gasteiger partial charge on any atom is -0.356 e. The highest BCUT2D eigenvalue weighted by Crippen LogP contribution is 2.06. The van der Waals surface area contributed by atoms with Crippen LogP contribution in [0.4, 0.5) is 0 Å². The zero-order valence-electron chi connectivity index (χ0n) is 11.0. The molecule has 106 valence electrons. The van der Waals surface area contributed by atoms with Gasteiger partial charge in [0.05, 0.1) is 6.04 Å². The molecule has 6 heteroatoms. The smallest absolute Gasteiger partial charge is 0.237 e. The summed E-state index contributed by atoms with van der Waals surface area (Å²) in [5, 5.41) is 8.76. The normalized spacial score (nSPS) is 18.6. The van der Waals surface area contributed by atoms with E-state index >= 15 is 0 Å². The summed E-state index contributed by atoms with van der Waals surface area (Å²) >= 11 is 0. The summed E-state index contributed by atoms with van der Waals surface area (Å²) in [6.45, 7) is 4.05. The van der Waals surface area contributed by atoms with E-state index in [0.29, 0.717) is 19.5 Å². The van der Waals surface area contributed by atoms with Crippen LogP contribution >= 0.6 is 12.4 Å². The number of piperidine rings is 1. The Morgan fingerprint density at radius 1 is 1.22 bits per heavy atom. The van der Waals surface area contributed by atoms with Crippen LogP contribution in [0, 0.1) is 0 Å². The first-order valence-corrected chi connectivity index (χ1v) is 6.52. The van der Waals surface area contributed by atoms with Gasteiger partial charge in [-0.25, -0.2) is 0 Å². The second-order valence-corrected chi connectivity index (χ2v) is 4.39. The molecule has 1 saturated heterocycles. The van der Waals surface area contributed by atoms with Crippen molar-refractivity contribution in [2.75, 3.05) is 19.6 Å². The van der Waals surface area contributed by atoms with Gasteiger partial charge in [-0.2, -0.15) is 0 Å². The van der Waals surface area contributed by atoms with E-state index in [1.807, 2.05) is 6.92 Å². The molecule has 18 heavy (non-hydrogen) atoms. The number of carbonyl (C=O) groups excluding carboxylic acids is 2. The van der Waals surface area contributed by atoms with Gasteiger partial charge in [-0.15, -0.1) is 12.4 Å². The van der Waals surface area contributed by atoms with Crippen molar-refractivity contribution in [3.05, 3.63) is 0 Å². The van der Waals surface area contributed by atoms with Crippen LogP contribution in [0.2, 0.25) is 0 Å². The van der Waals surface area contributed by atoms with Crippen molar-refractivity contribution in [3.63, 3.8) is 0 Å². The number of rotatable bonds is 6. The molecule has 0 aliphatic carbocycles. The number of amides is 2. The lowest BCUT2D eigenvalue weighted by molar-refractivity contribution is -0.124. The largest absolute Gasteiger partial charge is 0.356 e. The maximum absolute atomic E-state index is 11.7. The third-order valence-corrected chi connectivity index (χ3v) is 2.85. The molecule has 0 spiro atoms. The van der Waals surface area contributed by atoms with Crippen LogP contribution in [0.5, 0.6) is 0 Å². The monoisotopic (exact) mass is 277 g/mol. The van der Waals surface area contributed by atoms with Crippen LogP contribution in [0.3, 0.4) is 0 Å². The molecular weight excluding hydrogens is 254 g/mol. The number of carbonyl (C=O) groups is 2. The minimum absolute atomic E-state index is 0. The fraction of sp³-hybridized carbons (Fsp3) is 0.833. The molecule has 3 N–H and O–H groups in total. The fourth-order valence-corrected chi connectivity index (χ4v) is 1.85. The van der Waals surface area contributed by atoms with E-state index in [4.69, 9.17) is 0 Å². The lowest BCUT2D eigenvalue weighted by atomic mass is 10.0. The average Bonchev–Trinajstić information content (AvgIpc) is 2.37. The number of halogens is 1. The molecule has 0 aromatic carbocycles. The maximum atomic E-state index is 11.7. The van der Waals surface area contributed by atoms with E-state index in [9.17, 15) is 9.59 Å². The topological polar surface area (TPSA) is 70.2 Å². The summed E-state index contributed by atoms with van der Waals surface area (Å²) in [4.78, 5) is 23.0. The van der Waals surface area contributed by atoms with Crippen molar-refractivity contribution in [2.45, 2.75) is 45.1 Å². The second-order valence-electron chi connectivity index (χ2n) is 4.39. The first-order chi connectivity index (χ1) is 8.24. The summed E-state index contributed by atoms with van der Waals surface area (Å²) in [6.07, 6.45) is 4.43. The Bertz CT molecular complexity index is 256. The van der Waals surface area contributed by atoms with Gasteiger partial charge < -0.3 is 16.0 Å². The standard InChI is InChI=1S/C12H23N3O2.ClH/c1-2-7-14-11(16)6-9-15-12(17)10-5-3-4-8-13-10;/h10,13H,2-9H2,1H3,(H,14,16)(H,15,17);1H/t10-;/m0./s1. The molecule has 0 saturated carbocycles. The molecule has 1 aliphatic rings. The van der Waals surface area contributed by atoms with E-state index in [2.05, 4.69) is 16.0 Å². The van der Waals surface area contributed by atoms with Gasteiger partial charge in [0.15, 0.2) is 0 Å². The van der Waals surface area contributed by atoms with Crippen LogP contribution in [0.1, 0.15) is 39.0 Å². The lowest BCUT2D eigenvalue weighted by Crippen LogP contribution is -2.47. The number of hydrogen-bond donors (Lipinski definition) is 3. The Morgan fingerprint density at radius 2 is 2.00 bits per heavy atom. The van der Waals surface area contributed by atoms with E-state index < -0.39 is 0 Å². The fourth-order valence-electron chi connectivity index (χ4n) is 1.85. The molecule has 0 unspecified atom stereocenters. The lowest BCUT2D eigenvalue weighted by Gasteiger charge is -2.22. The molecular formula is C12H24ClN3O2. The Kier molecular flexibility index (Phi) is 9.69. The second kappa shape index (κ2) is 10.1. The van der Waals surface area contributed by atoms with Crippen molar-refractivity contribution in [1.82, 2.24) is 16.0 Å². The molecule has 2 amide bonds.